The molecule has 0 aliphatic carbocycles. The van der Waals surface area contributed by atoms with E-state index < -0.39 is 12.2 Å². The number of ether oxygens (including phenoxy) is 6. The number of carbonyl (C=O) groups excluding carboxylic acids is 1. The molecule has 0 radical (unpaired) electrons. The lowest BCUT2D eigenvalue weighted by Gasteiger charge is -2.49. The smallest absolute Gasteiger partial charge is 0.289 e. The molecule has 0 bridgehead atoms. The van der Waals surface area contributed by atoms with Gasteiger partial charge in [0.2, 0.25) is 6.29 Å². The molecule has 0 saturated carbocycles. The Morgan fingerprint density at radius 2 is 1.52 bits per heavy atom. The van der Waals surface area contributed by atoms with E-state index in [2.05, 4.69) is 36.1 Å². The van der Waals surface area contributed by atoms with Crippen LogP contribution in [-0.4, -0.2) is 88.4 Å². The molecule has 4 aliphatic heterocycles. The predicted molar refractivity (Wildman–Crippen MR) is 231 cm³/mol. The summed E-state index contributed by atoms with van der Waals surface area (Å²) in [6, 6.07) is 15.5. The first kappa shape index (κ1) is 42.6. The Hall–Kier alpha value is -5.04. The molecule has 1 amide bonds. The molecule has 4 aromatic rings. The molecule has 8 rings (SSSR count). The molecule has 12 nitrogen and oxygen atoms in total. The second kappa shape index (κ2) is 18.5. The fourth-order valence-electron chi connectivity index (χ4n) is 10.6. The number of piperidine rings is 1. The van der Waals surface area contributed by atoms with Crippen molar-refractivity contribution in [1.82, 2.24) is 9.80 Å². The Morgan fingerprint density at radius 3 is 2.21 bits per heavy atom. The van der Waals surface area contributed by atoms with Gasteiger partial charge in [0, 0.05) is 56.3 Å². The Bertz CT molecular complexity index is 2310. The van der Waals surface area contributed by atoms with E-state index >= 15 is 4.79 Å². The lowest BCUT2D eigenvalue weighted by molar-refractivity contribution is -0.171. The SMILES string of the molecule is CCO[C@@H]1OC(C(=O)N2CCc3cc(OC)c(OC)cc3[C@H]2C[C@H]2C[C@H]3c4cc(OC)c(OC)cc4CCN3C[C@@H]2CC)=C[C@H](c2coc3ccccc3c2=O)[C@@H]1CCCO. The second-order valence-corrected chi connectivity index (χ2v) is 16.8. The van der Waals surface area contributed by atoms with E-state index in [4.69, 9.17) is 32.8 Å². The van der Waals surface area contributed by atoms with E-state index in [1.54, 1.807) is 46.6 Å². The lowest BCUT2D eigenvalue weighted by atomic mass is 9.72. The maximum atomic E-state index is 15.4. The van der Waals surface area contributed by atoms with Gasteiger partial charge in [-0.25, -0.2) is 0 Å². The standard InChI is InChI=1S/C49H60N2O10/c1-7-29-27-50-17-15-30-22-42(55-3)44(57-5)24-35(30)39(50)20-32(29)21-40-36-25-45(58-6)43(56-4)23-31(36)16-18-51(40)48(54)46-26-37(33(13-11-19-52)49(61-46)59-8-2)38-28-60-41-14-10-9-12-34(41)47(38)53/h9-10,12,14,22-26,28-29,32-33,37,39-40,49,52H,7-8,11,13,15-21,27H2,1-6H3/t29-,32+,33-,37-,39-,40+,49+/m0/s1. The van der Waals surface area contributed by atoms with Crippen molar-refractivity contribution in [1.29, 1.82) is 0 Å². The van der Waals surface area contributed by atoms with E-state index in [1.165, 1.54) is 17.4 Å². The number of rotatable bonds is 14. The predicted octanol–water partition coefficient (Wildman–Crippen LogP) is 7.74. The van der Waals surface area contributed by atoms with Crippen molar-refractivity contribution in [3.8, 4) is 23.0 Å². The minimum Gasteiger partial charge on any atom is -0.493 e. The molecule has 1 aromatic heterocycles. The molecule has 12 heteroatoms. The van der Waals surface area contributed by atoms with Crippen molar-refractivity contribution < 1.29 is 42.7 Å². The molecule has 61 heavy (non-hydrogen) atoms. The number of aliphatic hydroxyl groups is 1. The molecular formula is C49H60N2O10. The van der Waals surface area contributed by atoms with Gasteiger partial charge in [-0.15, -0.1) is 0 Å². The number of benzene rings is 3. The van der Waals surface area contributed by atoms with Crippen molar-refractivity contribution in [2.24, 2.45) is 17.8 Å². The van der Waals surface area contributed by atoms with Gasteiger partial charge in [0.25, 0.3) is 5.91 Å². The third-order valence-corrected chi connectivity index (χ3v) is 13.8. The van der Waals surface area contributed by atoms with Crippen LogP contribution in [0.5, 0.6) is 23.0 Å². The lowest BCUT2D eigenvalue weighted by Crippen LogP contribution is -2.48. The van der Waals surface area contributed by atoms with Gasteiger partial charge in [-0.2, -0.15) is 0 Å². The zero-order valence-corrected chi connectivity index (χ0v) is 36.3. The normalized spacial score (nSPS) is 24.8. The van der Waals surface area contributed by atoms with Crippen LogP contribution in [-0.2, 0) is 27.1 Å². The molecule has 4 aliphatic rings. The van der Waals surface area contributed by atoms with Gasteiger partial charge in [-0.3, -0.25) is 14.5 Å². The number of carbonyl (C=O) groups is 1. The molecule has 0 unspecified atom stereocenters. The third-order valence-electron chi connectivity index (χ3n) is 13.8. The summed E-state index contributed by atoms with van der Waals surface area (Å²) in [5.74, 6) is 2.43. The highest BCUT2D eigenvalue weighted by molar-refractivity contribution is 5.92. The van der Waals surface area contributed by atoms with Gasteiger partial charge in [0.05, 0.1) is 46.1 Å². The van der Waals surface area contributed by atoms with E-state index in [0.717, 1.165) is 61.4 Å². The summed E-state index contributed by atoms with van der Waals surface area (Å²) in [5.41, 5.74) is 5.50. The van der Waals surface area contributed by atoms with E-state index in [-0.39, 0.29) is 47.6 Å². The highest BCUT2D eigenvalue weighted by Crippen LogP contribution is 2.50. The van der Waals surface area contributed by atoms with Crippen LogP contribution in [0.2, 0.25) is 0 Å². The van der Waals surface area contributed by atoms with Crippen LogP contribution in [0.15, 0.2) is 75.8 Å². The average molecular weight is 837 g/mol. The Kier molecular flexibility index (Phi) is 12.9. The molecule has 1 saturated heterocycles. The Balaban J connectivity index is 1.20. The monoisotopic (exact) mass is 836 g/mol. The van der Waals surface area contributed by atoms with Crippen LogP contribution in [0, 0.1) is 17.8 Å². The van der Waals surface area contributed by atoms with Crippen LogP contribution < -0.4 is 24.4 Å². The number of aliphatic hydroxyl groups excluding tert-OH is 1. The van der Waals surface area contributed by atoms with Gasteiger partial charge in [0.1, 0.15) is 5.58 Å². The van der Waals surface area contributed by atoms with Gasteiger partial charge in [0.15, 0.2) is 34.2 Å². The number of hydrogen-bond donors (Lipinski definition) is 1. The summed E-state index contributed by atoms with van der Waals surface area (Å²) in [5, 5.41) is 10.4. The maximum Gasteiger partial charge on any atom is 0.289 e. The topological polar surface area (TPSA) is 129 Å². The summed E-state index contributed by atoms with van der Waals surface area (Å²) in [6.45, 7) is 6.88. The van der Waals surface area contributed by atoms with Gasteiger partial charge < -0.3 is 42.8 Å². The van der Waals surface area contributed by atoms with Crippen molar-refractivity contribution >= 4 is 16.9 Å². The Morgan fingerprint density at radius 1 is 0.852 bits per heavy atom. The average Bonchev–Trinajstić information content (AvgIpc) is 3.29. The zero-order valence-electron chi connectivity index (χ0n) is 36.3. The van der Waals surface area contributed by atoms with Gasteiger partial charge in [-0.05, 0) is 122 Å². The minimum absolute atomic E-state index is 0.0289. The number of amides is 1. The van der Waals surface area contributed by atoms with Crippen LogP contribution in [0.4, 0.5) is 0 Å². The van der Waals surface area contributed by atoms with E-state index in [1.807, 2.05) is 24.0 Å². The fourth-order valence-corrected chi connectivity index (χ4v) is 10.6. The van der Waals surface area contributed by atoms with Gasteiger partial charge in [-0.1, -0.05) is 25.5 Å². The summed E-state index contributed by atoms with van der Waals surface area (Å²) in [4.78, 5) is 34.1. The number of allylic oxidation sites excluding steroid dienone is 1. The Labute approximate surface area is 358 Å². The number of nitrogens with zero attached hydrogens (tertiary/aromatic N) is 2. The van der Waals surface area contributed by atoms with Crippen LogP contribution in [0.1, 0.15) is 91.8 Å². The summed E-state index contributed by atoms with van der Waals surface area (Å²) < 4.78 is 42.0. The molecule has 1 N–H and O–H groups in total. The first-order valence-corrected chi connectivity index (χ1v) is 21.9. The first-order valence-electron chi connectivity index (χ1n) is 21.9. The van der Waals surface area contributed by atoms with E-state index in [0.29, 0.717) is 66.4 Å². The third kappa shape index (κ3) is 8.10. The van der Waals surface area contributed by atoms with Crippen LogP contribution >= 0.6 is 0 Å². The first-order chi connectivity index (χ1) is 29.7. The maximum absolute atomic E-state index is 15.4. The molecule has 3 aromatic carbocycles. The number of hydrogen-bond acceptors (Lipinski definition) is 11. The highest BCUT2D eigenvalue weighted by Gasteiger charge is 2.45. The summed E-state index contributed by atoms with van der Waals surface area (Å²) in [6.07, 6.45) is 7.72. The summed E-state index contributed by atoms with van der Waals surface area (Å²) in [7, 11) is 6.66. The zero-order chi connectivity index (χ0) is 42.8. The van der Waals surface area contributed by atoms with Gasteiger partial charge >= 0.3 is 0 Å². The quantitative estimate of drug-likeness (QED) is 0.134. The molecule has 326 valence electrons. The number of para-hydroxylation sites is 1. The minimum atomic E-state index is -0.827. The van der Waals surface area contributed by atoms with Crippen LogP contribution in [0.25, 0.3) is 11.0 Å². The van der Waals surface area contributed by atoms with E-state index in [9.17, 15) is 9.90 Å². The van der Waals surface area contributed by atoms with Crippen molar-refractivity contribution in [3.05, 3.63) is 105 Å². The van der Waals surface area contributed by atoms with Crippen molar-refractivity contribution in [2.45, 2.75) is 83.1 Å². The molecular weight excluding hydrogens is 777 g/mol. The van der Waals surface area contributed by atoms with Crippen molar-refractivity contribution in [3.63, 3.8) is 0 Å². The highest BCUT2D eigenvalue weighted by atomic mass is 16.7. The fraction of sp³-hybridized carbons (Fsp3) is 0.510. The summed E-state index contributed by atoms with van der Waals surface area (Å²) >= 11 is 0. The number of methoxy groups -OCH3 is 4. The number of fused-ring (bicyclic) bond motifs is 5. The molecule has 5 heterocycles. The molecule has 0 spiro atoms. The van der Waals surface area contributed by atoms with Crippen molar-refractivity contribution in [2.75, 3.05) is 61.3 Å². The second-order valence-electron chi connectivity index (χ2n) is 16.8. The molecule has 7 atom stereocenters. The molecule has 1 fully saturated rings. The van der Waals surface area contributed by atoms with Crippen LogP contribution in [0.3, 0.4) is 0 Å². The largest absolute Gasteiger partial charge is 0.493 e.